The van der Waals surface area contributed by atoms with E-state index in [4.69, 9.17) is 0 Å². The molecule has 2 heterocycles. The highest BCUT2D eigenvalue weighted by Gasteiger charge is 2.20. The van der Waals surface area contributed by atoms with Gasteiger partial charge in [-0.3, -0.25) is 4.79 Å². The van der Waals surface area contributed by atoms with E-state index in [0.717, 1.165) is 43.2 Å². The third-order valence-electron chi connectivity index (χ3n) is 5.32. The van der Waals surface area contributed by atoms with Gasteiger partial charge in [0.2, 0.25) is 0 Å². The summed E-state index contributed by atoms with van der Waals surface area (Å²) in [7, 11) is 2.14. The Kier molecular flexibility index (Phi) is 5.86. The van der Waals surface area contributed by atoms with Crippen molar-refractivity contribution < 1.29 is 4.79 Å². The summed E-state index contributed by atoms with van der Waals surface area (Å²) in [4.78, 5) is 24.3. The minimum Gasteiger partial charge on any atom is -0.354 e. The van der Waals surface area contributed by atoms with Crippen LogP contribution in [0.1, 0.15) is 15.9 Å². The molecule has 0 bridgehead atoms. The number of piperazine rings is 1. The van der Waals surface area contributed by atoms with E-state index in [1.54, 1.807) is 6.20 Å². The van der Waals surface area contributed by atoms with E-state index in [0.29, 0.717) is 12.1 Å². The van der Waals surface area contributed by atoms with E-state index >= 15 is 0 Å². The molecule has 0 spiro atoms. The first-order valence-corrected chi connectivity index (χ1v) is 10.0. The number of rotatable bonds is 5. The summed E-state index contributed by atoms with van der Waals surface area (Å²) < 4.78 is 0. The molecule has 1 amide bonds. The van der Waals surface area contributed by atoms with Gasteiger partial charge in [-0.15, -0.1) is 0 Å². The van der Waals surface area contributed by atoms with Crippen LogP contribution in [0.25, 0.3) is 0 Å². The van der Waals surface area contributed by atoms with Gasteiger partial charge < -0.3 is 14.7 Å². The largest absolute Gasteiger partial charge is 0.354 e. The smallest absolute Gasteiger partial charge is 0.260 e. The molecule has 1 saturated heterocycles. The van der Waals surface area contributed by atoms with Gasteiger partial charge in [0, 0.05) is 38.1 Å². The number of pyridine rings is 1. The fourth-order valence-corrected chi connectivity index (χ4v) is 3.55. The van der Waals surface area contributed by atoms with Crippen LogP contribution in [-0.2, 0) is 6.54 Å². The average molecular weight is 386 g/mol. The molecule has 0 aliphatic carbocycles. The Morgan fingerprint density at radius 1 is 0.897 bits per heavy atom. The van der Waals surface area contributed by atoms with Gasteiger partial charge >= 0.3 is 0 Å². The molecule has 2 aromatic carbocycles. The highest BCUT2D eigenvalue weighted by molar-refractivity contribution is 6.05. The molecule has 0 saturated carbocycles. The molecule has 1 aliphatic rings. The topological polar surface area (TPSA) is 39.7 Å². The Morgan fingerprint density at radius 2 is 1.55 bits per heavy atom. The highest BCUT2D eigenvalue weighted by atomic mass is 16.2. The second-order valence-corrected chi connectivity index (χ2v) is 7.41. The number of carbonyl (C=O) groups excluding carboxylic acids is 1. The Labute approximate surface area is 172 Å². The molecular formula is C24H26N4O. The van der Waals surface area contributed by atoms with Crippen molar-refractivity contribution in [2.45, 2.75) is 6.54 Å². The summed E-state index contributed by atoms with van der Waals surface area (Å²) in [6.07, 6.45) is 1.71. The maximum Gasteiger partial charge on any atom is 0.260 e. The fourth-order valence-electron chi connectivity index (χ4n) is 3.55. The second-order valence-electron chi connectivity index (χ2n) is 7.41. The molecule has 4 rings (SSSR count). The predicted molar refractivity (Wildman–Crippen MR) is 117 cm³/mol. The van der Waals surface area contributed by atoms with Crippen LogP contribution in [0.3, 0.4) is 0 Å². The second kappa shape index (κ2) is 8.88. The van der Waals surface area contributed by atoms with Gasteiger partial charge in [-0.2, -0.15) is 0 Å². The number of hydrogen-bond acceptors (Lipinski definition) is 4. The molecule has 0 N–H and O–H groups in total. The first-order valence-electron chi connectivity index (χ1n) is 10.0. The highest BCUT2D eigenvalue weighted by Crippen LogP contribution is 2.21. The lowest BCUT2D eigenvalue weighted by molar-refractivity contribution is 0.0985. The van der Waals surface area contributed by atoms with Gasteiger partial charge in [-0.25, -0.2) is 4.98 Å². The summed E-state index contributed by atoms with van der Waals surface area (Å²) in [6.45, 7) is 4.49. The minimum absolute atomic E-state index is 0.0440. The van der Waals surface area contributed by atoms with Crippen molar-refractivity contribution in [3.05, 3.63) is 90.1 Å². The quantitative estimate of drug-likeness (QED) is 0.671. The van der Waals surface area contributed by atoms with Crippen molar-refractivity contribution in [3.63, 3.8) is 0 Å². The lowest BCUT2D eigenvalue weighted by Crippen LogP contribution is -2.44. The zero-order valence-corrected chi connectivity index (χ0v) is 16.7. The number of amides is 1. The molecule has 29 heavy (non-hydrogen) atoms. The number of nitrogens with zero attached hydrogens (tertiary/aromatic N) is 4. The van der Waals surface area contributed by atoms with Crippen LogP contribution < -0.4 is 9.80 Å². The Morgan fingerprint density at radius 3 is 2.17 bits per heavy atom. The predicted octanol–water partition coefficient (Wildman–Crippen LogP) is 3.68. The molecule has 5 heteroatoms. The van der Waals surface area contributed by atoms with Crippen LogP contribution >= 0.6 is 0 Å². The van der Waals surface area contributed by atoms with Crippen molar-refractivity contribution >= 4 is 17.4 Å². The summed E-state index contributed by atoms with van der Waals surface area (Å²) in [5.41, 5.74) is 2.57. The van der Waals surface area contributed by atoms with Gasteiger partial charge in [0.15, 0.2) is 0 Å². The summed E-state index contributed by atoms with van der Waals surface area (Å²) in [6, 6.07) is 23.7. The summed E-state index contributed by atoms with van der Waals surface area (Å²) in [5.74, 6) is 0.890. The van der Waals surface area contributed by atoms with Gasteiger partial charge in [0.1, 0.15) is 5.82 Å². The van der Waals surface area contributed by atoms with Crippen LogP contribution in [0.4, 0.5) is 11.5 Å². The van der Waals surface area contributed by atoms with E-state index in [9.17, 15) is 4.79 Å². The minimum atomic E-state index is -0.0440. The first-order chi connectivity index (χ1) is 14.2. The van der Waals surface area contributed by atoms with E-state index in [1.807, 2.05) is 77.7 Å². The van der Waals surface area contributed by atoms with E-state index < -0.39 is 0 Å². The van der Waals surface area contributed by atoms with E-state index in [-0.39, 0.29) is 5.91 Å². The number of anilines is 2. The number of likely N-dealkylation sites (N-methyl/N-ethyl adjacent to an activating group) is 1. The average Bonchev–Trinajstić information content (AvgIpc) is 2.79. The maximum atomic E-state index is 13.3. The van der Waals surface area contributed by atoms with Crippen molar-refractivity contribution in [2.75, 3.05) is 43.0 Å². The Balaban J connectivity index is 1.55. The van der Waals surface area contributed by atoms with Crippen LogP contribution in [0.2, 0.25) is 0 Å². The van der Waals surface area contributed by atoms with Gasteiger partial charge in [0.05, 0.1) is 12.1 Å². The third kappa shape index (κ3) is 4.63. The van der Waals surface area contributed by atoms with Crippen molar-refractivity contribution in [1.29, 1.82) is 0 Å². The fraction of sp³-hybridized carbons (Fsp3) is 0.250. The molecular weight excluding hydrogens is 360 g/mol. The number of hydrogen-bond donors (Lipinski definition) is 0. The number of aromatic nitrogens is 1. The molecule has 1 aliphatic heterocycles. The number of benzene rings is 2. The lowest BCUT2D eigenvalue weighted by atomic mass is 10.1. The molecule has 1 aromatic heterocycles. The van der Waals surface area contributed by atoms with Crippen LogP contribution in [0, 0.1) is 0 Å². The zero-order valence-electron chi connectivity index (χ0n) is 16.7. The Bertz CT molecular complexity index is 920. The van der Waals surface area contributed by atoms with Crippen molar-refractivity contribution in [3.8, 4) is 0 Å². The van der Waals surface area contributed by atoms with Gasteiger partial charge in [-0.1, -0.05) is 48.5 Å². The van der Waals surface area contributed by atoms with Crippen LogP contribution in [0.5, 0.6) is 0 Å². The number of para-hydroxylation sites is 1. The summed E-state index contributed by atoms with van der Waals surface area (Å²) >= 11 is 0. The van der Waals surface area contributed by atoms with E-state index in [2.05, 4.69) is 21.8 Å². The van der Waals surface area contributed by atoms with Crippen molar-refractivity contribution in [1.82, 2.24) is 9.88 Å². The molecule has 0 atom stereocenters. The summed E-state index contributed by atoms with van der Waals surface area (Å²) in [5, 5.41) is 0. The molecule has 0 radical (unpaired) electrons. The van der Waals surface area contributed by atoms with E-state index in [1.165, 1.54) is 0 Å². The zero-order chi connectivity index (χ0) is 20.1. The van der Waals surface area contributed by atoms with Crippen LogP contribution in [-0.4, -0.2) is 49.0 Å². The molecule has 5 nitrogen and oxygen atoms in total. The first kappa shape index (κ1) is 19.2. The SMILES string of the molecule is CN1CCN(c2ccc(C(=O)N(Cc3ccccc3)c3ccccc3)cn2)CC1. The standard InChI is InChI=1S/C24H26N4O/c1-26-14-16-27(17-15-26)23-13-12-21(18-25-23)24(29)28(22-10-6-3-7-11-22)19-20-8-4-2-5-9-20/h2-13,18H,14-17,19H2,1H3. The van der Waals surface area contributed by atoms with Gasteiger partial charge in [-0.05, 0) is 36.9 Å². The lowest BCUT2D eigenvalue weighted by Gasteiger charge is -2.33. The molecule has 3 aromatic rings. The van der Waals surface area contributed by atoms with Gasteiger partial charge in [0.25, 0.3) is 5.91 Å². The third-order valence-corrected chi connectivity index (χ3v) is 5.32. The maximum absolute atomic E-state index is 13.3. The molecule has 1 fully saturated rings. The van der Waals surface area contributed by atoms with Crippen LogP contribution in [0.15, 0.2) is 79.0 Å². The Hall–Kier alpha value is -3.18. The monoisotopic (exact) mass is 386 g/mol. The molecule has 148 valence electrons. The normalized spacial score (nSPS) is 14.6. The van der Waals surface area contributed by atoms with Crippen molar-refractivity contribution in [2.24, 2.45) is 0 Å². The molecule has 0 unspecified atom stereocenters. The number of carbonyl (C=O) groups is 1.